The highest BCUT2D eigenvalue weighted by atomic mass is 15.1. The quantitative estimate of drug-likeness (QED) is 0.571. The van der Waals surface area contributed by atoms with Crippen molar-refractivity contribution in [3.63, 3.8) is 0 Å². The Kier molecular flexibility index (Phi) is 2.88. The molecule has 0 radical (unpaired) electrons. The Balaban J connectivity index is 2.76. The van der Waals surface area contributed by atoms with Gasteiger partial charge in [-0.05, 0) is 18.9 Å². The van der Waals surface area contributed by atoms with E-state index in [1.165, 1.54) is 6.07 Å². The second-order valence-corrected chi connectivity index (χ2v) is 2.94. The predicted octanol–water partition coefficient (Wildman–Crippen LogP) is 0.921. The first-order chi connectivity index (χ1) is 8.38. The Morgan fingerprint density at radius 3 is 3.00 bits per heavy atom. The Hall–Kier alpha value is -1.84. The molecule has 0 aliphatic rings. The van der Waals surface area contributed by atoms with Crippen molar-refractivity contribution >= 4 is 11.8 Å². The number of nitrogens with two attached hydrogens (primary N) is 2. The lowest BCUT2D eigenvalue weighted by atomic mass is 10.2. The number of aryl methyl sites for hydroxylation is 1. The van der Waals surface area contributed by atoms with Gasteiger partial charge in [0.15, 0.2) is 0 Å². The normalized spacial score (nSPS) is 17.8. The molecule has 0 aliphatic heterocycles. The van der Waals surface area contributed by atoms with Crippen molar-refractivity contribution < 1.29 is 4.11 Å². The van der Waals surface area contributed by atoms with Crippen molar-refractivity contribution in [3.8, 4) is 0 Å². The second-order valence-electron chi connectivity index (χ2n) is 2.94. The summed E-state index contributed by atoms with van der Waals surface area (Å²) in [5.74, 6) is 0.238. The Morgan fingerprint density at radius 2 is 2.33 bits per heavy atom. The van der Waals surface area contributed by atoms with Gasteiger partial charge in [0.2, 0.25) is 5.96 Å². The molecule has 1 rings (SSSR count). The van der Waals surface area contributed by atoms with Crippen LogP contribution in [0.5, 0.6) is 0 Å². The fourth-order valence-electron chi connectivity index (χ4n) is 0.953. The van der Waals surface area contributed by atoms with Gasteiger partial charge in [0.05, 0.1) is 9.95 Å². The third-order valence-electron chi connectivity index (χ3n) is 1.55. The highest BCUT2D eigenvalue weighted by Gasteiger charge is 1.91. The molecule has 0 aromatic heterocycles. The minimum absolute atomic E-state index is 0.0429. The highest BCUT2D eigenvalue weighted by molar-refractivity contribution is 5.93. The van der Waals surface area contributed by atoms with Crippen LogP contribution in [0.4, 0.5) is 0 Å². The van der Waals surface area contributed by atoms with E-state index in [0.717, 1.165) is 0 Å². The first-order valence-electron chi connectivity index (χ1n) is 6.08. The first-order valence-corrected chi connectivity index (χ1v) is 4.51. The van der Waals surface area contributed by atoms with Gasteiger partial charge in [-0.2, -0.15) is 0 Å². The van der Waals surface area contributed by atoms with E-state index in [9.17, 15) is 0 Å². The summed E-state index contributed by atoms with van der Waals surface area (Å²) in [6, 6.07) is 5.16. The summed E-state index contributed by atoms with van der Waals surface area (Å²) < 4.78 is 22.8. The van der Waals surface area contributed by atoms with E-state index in [1.54, 1.807) is 19.1 Å². The van der Waals surface area contributed by atoms with Crippen LogP contribution >= 0.6 is 0 Å². The average Bonchev–Trinajstić information content (AvgIpc) is 2.20. The zero-order chi connectivity index (χ0) is 13.7. The van der Waals surface area contributed by atoms with Gasteiger partial charge in [-0.25, -0.2) is 4.99 Å². The lowest BCUT2D eigenvalue weighted by Crippen LogP contribution is -2.16. The minimum atomic E-state index is -0.839. The van der Waals surface area contributed by atoms with Crippen LogP contribution in [0, 0.1) is 0 Å². The fourth-order valence-corrected chi connectivity index (χ4v) is 0.953. The molecule has 4 heteroatoms. The van der Waals surface area contributed by atoms with Crippen LogP contribution in [-0.2, 0) is 6.42 Å². The smallest absolute Gasteiger partial charge is 0.216 e. The van der Waals surface area contributed by atoms with Gasteiger partial charge < -0.3 is 11.5 Å². The number of nitrogens with zero attached hydrogens (tertiary/aromatic N) is 2. The van der Waals surface area contributed by atoms with E-state index < -0.39 is 6.52 Å². The molecular formula is C11H16N4. The maximum atomic E-state index is 7.73. The van der Waals surface area contributed by atoms with Gasteiger partial charge in [-0.1, -0.05) is 30.3 Å². The van der Waals surface area contributed by atoms with Crippen molar-refractivity contribution in [1.29, 1.82) is 0 Å². The SMILES string of the molecule is [2H]c1ccc(CC([2H])N=C(N)N=C(C)N)c([2H])c1. The molecule has 1 atom stereocenters. The molecule has 15 heavy (non-hydrogen) atoms. The second kappa shape index (κ2) is 5.80. The van der Waals surface area contributed by atoms with Crippen LogP contribution in [-0.4, -0.2) is 18.3 Å². The lowest BCUT2D eigenvalue weighted by molar-refractivity contribution is 0.962. The number of hydrogen-bond acceptors (Lipinski definition) is 1. The molecule has 1 aromatic carbocycles. The summed E-state index contributed by atoms with van der Waals surface area (Å²) in [5, 5.41) is 0. The fraction of sp³-hybridized carbons (Fsp3) is 0.273. The minimum Gasteiger partial charge on any atom is -0.387 e. The molecule has 0 fully saturated rings. The van der Waals surface area contributed by atoms with Crippen LogP contribution in [0.3, 0.4) is 0 Å². The lowest BCUT2D eigenvalue weighted by Gasteiger charge is -1.97. The maximum Gasteiger partial charge on any atom is 0.216 e. The summed E-state index contributed by atoms with van der Waals surface area (Å²) in [6.07, 6.45) is 0.249. The average molecular weight is 207 g/mol. The maximum absolute atomic E-state index is 7.73. The number of hydrogen-bond donors (Lipinski definition) is 2. The first kappa shape index (κ1) is 7.45. The molecule has 0 aliphatic carbocycles. The molecule has 0 bridgehead atoms. The van der Waals surface area contributed by atoms with Crippen LogP contribution in [0.15, 0.2) is 40.3 Å². The summed E-state index contributed by atoms with van der Waals surface area (Å²) in [7, 11) is 0. The molecule has 4 N–H and O–H groups in total. The van der Waals surface area contributed by atoms with Gasteiger partial charge in [-0.3, -0.25) is 4.99 Å². The topological polar surface area (TPSA) is 76.8 Å². The van der Waals surface area contributed by atoms with Gasteiger partial charge in [0, 0.05) is 6.52 Å². The molecule has 0 saturated heterocycles. The van der Waals surface area contributed by atoms with Gasteiger partial charge in [-0.15, -0.1) is 0 Å². The molecule has 0 amide bonds. The van der Waals surface area contributed by atoms with Crippen LogP contribution in [0.1, 0.15) is 16.6 Å². The van der Waals surface area contributed by atoms with E-state index in [4.69, 9.17) is 15.6 Å². The van der Waals surface area contributed by atoms with Gasteiger partial charge in [0.25, 0.3) is 0 Å². The monoisotopic (exact) mass is 207 g/mol. The van der Waals surface area contributed by atoms with Crippen molar-refractivity contribution in [3.05, 3.63) is 35.8 Å². The van der Waals surface area contributed by atoms with E-state index in [2.05, 4.69) is 9.98 Å². The Labute approximate surface area is 93.9 Å². The zero-order valence-electron chi connectivity index (χ0n) is 11.6. The molecule has 4 nitrogen and oxygen atoms in total. The van der Waals surface area contributed by atoms with E-state index in [-0.39, 0.29) is 30.3 Å². The number of guanidine groups is 1. The van der Waals surface area contributed by atoms with E-state index >= 15 is 0 Å². The highest BCUT2D eigenvalue weighted by Crippen LogP contribution is 1.99. The number of aliphatic imine (C=N–C) groups is 2. The van der Waals surface area contributed by atoms with Gasteiger partial charge >= 0.3 is 0 Å². The summed E-state index contributed by atoms with van der Waals surface area (Å²) in [5.41, 5.74) is 11.5. The third kappa shape index (κ3) is 4.81. The standard InChI is InChI=1S/C11H16N4/c1-9(12)15-11(13)14-8-7-10-5-3-2-4-6-10/h2-6H,7-8H2,1H3,(H4,12,13,14,15)/i2D,5D,8D. The third-order valence-corrected chi connectivity index (χ3v) is 1.55. The molecule has 0 saturated carbocycles. The zero-order valence-corrected chi connectivity index (χ0v) is 8.57. The van der Waals surface area contributed by atoms with Crippen LogP contribution in [0.2, 0.25) is 0 Å². The largest absolute Gasteiger partial charge is 0.387 e. The number of benzene rings is 1. The molecule has 1 aromatic rings. The Morgan fingerprint density at radius 1 is 1.53 bits per heavy atom. The van der Waals surface area contributed by atoms with Gasteiger partial charge in [0.1, 0.15) is 0 Å². The van der Waals surface area contributed by atoms with Crippen molar-refractivity contribution in [2.24, 2.45) is 21.5 Å². The number of rotatable bonds is 3. The summed E-state index contributed by atoms with van der Waals surface area (Å²) >= 11 is 0. The van der Waals surface area contributed by atoms with Crippen LogP contribution < -0.4 is 11.5 Å². The molecule has 0 heterocycles. The molecule has 80 valence electrons. The Bertz CT molecular complexity index is 481. The number of amidine groups is 1. The molecule has 1 unspecified atom stereocenters. The summed E-state index contributed by atoms with van der Waals surface area (Å²) in [4.78, 5) is 7.56. The predicted molar refractivity (Wildman–Crippen MR) is 63.9 cm³/mol. The van der Waals surface area contributed by atoms with E-state index in [0.29, 0.717) is 5.56 Å². The van der Waals surface area contributed by atoms with Crippen LogP contribution in [0.25, 0.3) is 0 Å². The van der Waals surface area contributed by atoms with E-state index in [1.807, 2.05) is 0 Å². The van der Waals surface area contributed by atoms with Crippen molar-refractivity contribution in [1.82, 2.24) is 0 Å². The molecular weight excluding hydrogens is 188 g/mol. The summed E-state index contributed by atoms with van der Waals surface area (Å²) in [6.45, 7) is 0.740. The van der Waals surface area contributed by atoms with Crippen molar-refractivity contribution in [2.75, 3.05) is 6.52 Å². The van der Waals surface area contributed by atoms with Crippen molar-refractivity contribution in [2.45, 2.75) is 13.3 Å². The molecule has 0 spiro atoms.